The van der Waals surface area contributed by atoms with Crippen LogP contribution in [0.4, 0.5) is 8.78 Å². The van der Waals surface area contributed by atoms with E-state index in [9.17, 15) is 13.6 Å². The number of ketones is 1. The van der Waals surface area contributed by atoms with Gasteiger partial charge >= 0.3 is 0 Å². The molecule has 0 spiro atoms. The summed E-state index contributed by atoms with van der Waals surface area (Å²) in [5.74, 6) is -1.74. The maximum atomic E-state index is 13.2. The number of hydrogen-bond donors (Lipinski definition) is 0. The van der Waals surface area contributed by atoms with Crippen molar-refractivity contribution in [3.8, 4) is 5.75 Å². The van der Waals surface area contributed by atoms with Crippen molar-refractivity contribution in [2.45, 2.75) is 6.42 Å². The quantitative estimate of drug-likeness (QED) is 0.827. The fraction of sp³-hybridized carbons (Fsp3) is 0.133. The highest BCUT2D eigenvalue weighted by Gasteiger charge is 2.08. The number of carbonyl (C=O) groups is 1. The molecule has 0 radical (unpaired) electrons. The van der Waals surface area contributed by atoms with Crippen molar-refractivity contribution in [2.75, 3.05) is 6.61 Å². The van der Waals surface area contributed by atoms with Gasteiger partial charge in [-0.1, -0.05) is 30.3 Å². The van der Waals surface area contributed by atoms with Crippen LogP contribution in [-0.4, -0.2) is 12.4 Å². The van der Waals surface area contributed by atoms with Gasteiger partial charge in [0.05, 0.1) is 0 Å². The van der Waals surface area contributed by atoms with Crippen LogP contribution in [0.2, 0.25) is 0 Å². The molecule has 2 aromatic carbocycles. The summed E-state index contributed by atoms with van der Waals surface area (Å²) in [6.45, 7) is -0.282. The number of benzene rings is 2. The summed E-state index contributed by atoms with van der Waals surface area (Å²) >= 11 is 0. The van der Waals surface area contributed by atoms with Gasteiger partial charge in [-0.15, -0.1) is 0 Å². The molecule has 0 aliphatic heterocycles. The maximum absolute atomic E-state index is 13.2. The topological polar surface area (TPSA) is 26.3 Å². The van der Waals surface area contributed by atoms with Crippen molar-refractivity contribution in [1.82, 2.24) is 0 Å². The van der Waals surface area contributed by atoms with Gasteiger partial charge in [-0.05, 0) is 17.7 Å². The van der Waals surface area contributed by atoms with Crippen molar-refractivity contribution in [1.29, 1.82) is 0 Å². The van der Waals surface area contributed by atoms with Gasteiger partial charge in [0.1, 0.15) is 12.4 Å². The van der Waals surface area contributed by atoms with Gasteiger partial charge in [0.2, 0.25) is 0 Å². The van der Waals surface area contributed by atoms with Crippen LogP contribution in [-0.2, 0) is 11.2 Å². The second-order valence-corrected chi connectivity index (χ2v) is 4.06. The minimum Gasteiger partial charge on any atom is -0.483 e. The standard InChI is InChI=1S/C15H12F2O2/c16-12-6-7-14(17)15(9-12)19-10-13(18)8-11-4-2-1-3-5-11/h1-7,9H,8,10H2. The van der Waals surface area contributed by atoms with Gasteiger partial charge in [-0.3, -0.25) is 4.79 Å². The Morgan fingerprint density at radius 1 is 1.05 bits per heavy atom. The Kier molecular flexibility index (Phi) is 4.23. The van der Waals surface area contributed by atoms with Crippen LogP contribution in [0.25, 0.3) is 0 Å². The summed E-state index contributed by atoms with van der Waals surface area (Å²) < 4.78 is 31.1. The van der Waals surface area contributed by atoms with E-state index < -0.39 is 11.6 Å². The normalized spacial score (nSPS) is 10.2. The lowest BCUT2D eigenvalue weighted by Crippen LogP contribution is -2.14. The first-order chi connectivity index (χ1) is 9.15. The molecule has 98 valence electrons. The molecule has 0 bridgehead atoms. The average molecular weight is 262 g/mol. The lowest BCUT2D eigenvalue weighted by Gasteiger charge is -2.06. The van der Waals surface area contributed by atoms with E-state index in [0.29, 0.717) is 0 Å². The Bertz CT molecular complexity index is 568. The van der Waals surface area contributed by atoms with Crippen LogP contribution < -0.4 is 4.74 Å². The van der Waals surface area contributed by atoms with Gasteiger partial charge in [0.25, 0.3) is 0 Å². The number of rotatable bonds is 5. The summed E-state index contributed by atoms with van der Waals surface area (Å²) in [6.07, 6.45) is 0.206. The molecule has 0 unspecified atom stereocenters. The van der Waals surface area contributed by atoms with Crippen molar-refractivity contribution in [3.05, 3.63) is 65.7 Å². The van der Waals surface area contributed by atoms with E-state index in [1.807, 2.05) is 30.3 Å². The van der Waals surface area contributed by atoms with Crippen LogP contribution in [0.15, 0.2) is 48.5 Å². The third-order valence-corrected chi connectivity index (χ3v) is 2.53. The third kappa shape index (κ3) is 3.88. The summed E-state index contributed by atoms with van der Waals surface area (Å²) in [5, 5.41) is 0. The fourth-order valence-electron chi connectivity index (χ4n) is 1.62. The monoisotopic (exact) mass is 262 g/mol. The molecule has 4 heteroatoms. The first kappa shape index (κ1) is 13.2. The first-order valence-electron chi connectivity index (χ1n) is 5.78. The second kappa shape index (κ2) is 6.09. The van der Waals surface area contributed by atoms with Crippen molar-refractivity contribution in [3.63, 3.8) is 0 Å². The van der Waals surface area contributed by atoms with Gasteiger partial charge in [-0.2, -0.15) is 0 Å². The van der Waals surface area contributed by atoms with Crippen LogP contribution in [0, 0.1) is 11.6 Å². The summed E-state index contributed by atoms with van der Waals surface area (Å²) in [7, 11) is 0. The second-order valence-electron chi connectivity index (χ2n) is 4.06. The molecule has 0 N–H and O–H groups in total. The number of carbonyl (C=O) groups excluding carboxylic acids is 1. The van der Waals surface area contributed by atoms with E-state index in [-0.39, 0.29) is 24.6 Å². The van der Waals surface area contributed by atoms with E-state index in [1.165, 1.54) is 0 Å². The Labute approximate surface area is 109 Å². The van der Waals surface area contributed by atoms with Crippen molar-refractivity contribution < 1.29 is 18.3 Å². The van der Waals surface area contributed by atoms with Crippen molar-refractivity contribution >= 4 is 5.78 Å². The first-order valence-corrected chi connectivity index (χ1v) is 5.78. The number of Topliss-reactive ketones (excluding diaryl/α,β-unsaturated/α-hetero) is 1. The van der Waals surface area contributed by atoms with E-state index in [1.54, 1.807) is 0 Å². The summed E-state index contributed by atoms with van der Waals surface area (Å²) in [5.41, 5.74) is 0.857. The van der Waals surface area contributed by atoms with E-state index in [2.05, 4.69) is 0 Å². The molecule has 0 heterocycles. The highest BCUT2D eigenvalue weighted by Crippen LogP contribution is 2.17. The van der Waals surface area contributed by atoms with E-state index in [0.717, 1.165) is 23.8 Å². The molecule has 2 rings (SSSR count). The van der Waals surface area contributed by atoms with Crippen LogP contribution >= 0.6 is 0 Å². The van der Waals surface area contributed by atoms with E-state index in [4.69, 9.17) is 4.74 Å². The molecule has 0 aliphatic rings. The van der Waals surface area contributed by atoms with Gasteiger partial charge < -0.3 is 4.74 Å². The Balaban J connectivity index is 1.92. The zero-order valence-electron chi connectivity index (χ0n) is 10.1. The molecule has 2 aromatic rings. The SMILES string of the molecule is O=C(COc1cc(F)ccc1F)Cc1ccccc1. The van der Waals surface area contributed by atoms with Crippen LogP contribution in [0.1, 0.15) is 5.56 Å². The van der Waals surface area contributed by atoms with Gasteiger partial charge in [0.15, 0.2) is 17.3 Å². The Morgan fingerprint density at radius 2 is 1.79 bits per heavy atom. The maximum Gasteiger partial charge on any atom is 0.174 e. The van der Waals surface area contributed by atoms with Gasteiger partial charge in [-0.25, -0.2) is 8.78 Å². The predicted octanol–water partition coefficient (Wildman–Crippen LogP) is 3.16. The largest absolute Gasteiger partial charge is 0.483 e. The molecule has 0 fully saturated rings. The van der Waals surface area contributed by atoms with Crippen LogP contribution in [0.5, 0.6) is 5.75 Å². The zero-order chi connectivity index (χ0) is 13.7. The van der Waals surface area contributed by atoms with E-state index >= 15 is 0 Å². The molecular formula is C15H12F2O2. The number of hydrogen-bond acceptors (Lipinski definition) is 2. The molecule has 0 atom stereocenters. The highest BCUT2D eigenvalue weighted by atomic mass is 19.1. The molecule has 19 heavy (non-hydrogen) atoms. The molecule has 0 aliphatic carbocycles. The summed E-state index contributed by atoms with van der Waals surface area (Å²) in [4.78, 5) is 11.6. The zero-order valence-corrected chi connectivity index (χ0v) is 10.1. The number of halogens is 2. The summed E-state index contributed by atoms with van der Waals surface area (Å²) in [6, 6.07) is 12.0. The molecule has 0 aromatic heterocycles. The smallest absolute Gasteiger partial charge is 0.174 e. The molecule has 0 saturated carbocycles. The third-order valence-electron chi connectivity index (χ3n) is 2.53. The van der Waals surface area contributed by atoms with Crippen LogP contribution in [0.3, 0.4) is 0 Å². The van der Waals surface area contributed by atoms with Gasteiger partial charge in [0, 0.05) is 12.5 Å². The highest BCUT2D eigenvalue weighted by molar-refractivity contribution is 5.82. The average Bonchev–Trinajstić information content (AvgIpc) is 2.41. The van der Waals surface area contributed by atoms with Crippen molar-refractivity contribution in [2.24, 2.45) is 0 Å². The molecular weight excluding hydrogens is 250 g/mol. The number of ether oxygens (including phenoxy) is 1. The molecule has 0 saturated heterocycles. The lowest BCUT2D eigenvalue weighted by molar-refractivity contribution is -0.120. The predicted molar refractivity (Wildman–Crippen MR) is 67.0 cm³/mol. The Morgan fingerprint density at radius 3 is 2.53 bits per heavy atom. The fourth-order valence-corrected chi connectivity index (χ4v) is 1.62. The minimum absolute atomic E-state index is 0.199. The minimum atomic E-state index is -0.686. The lowest BCUT2D eigenvalue weighted by atomic mass is 10.1. The molecule has 0 amide bonds. The molecule has 2 nitrogen and oxygen atoms in total. The Hall–Kier alpha value is -2.23.